The van der Waals surface area contributed by atoms with Gasteiger partial charge in [0.25, 0.3) is 0 Å². The summed E-state index contributed by atoms with van der Waals surface area (Å²) in [6.45, 7) is 3.11. The first-order valence-corrected chi connectivity index (χ1v) is 6.12. The molecule has 0 atom stereocenters. The number of hydrogen-bond donors (Lipinski definition) is 2. The van der Waals surface area contributed by atoms with Crippen molar-refractivity contribution >= 4 is 17.2 Å². The molecule has 2 heterocycles. The second-order valence-corrected chi connectivity index (χ2v) is 4.37. The van der Waals surface area contributed by atoms with Gasteiger partial charge < -0.3 is 20.5 Å². The highest BCUT2D eigenvalue weighted by molar-refractivity contribution is 5.72. The Morgan fingerprint density at radius 3 is 2.79 bits per heavy atom. The molecule has 1 aliphatic heterocycles. The second kappa shape index (κ2) is 4.68. The van der Waals surface area contributed by atoms with Gasteiger partial charge in [-0.1, -0.05) is 0 Å². The fourth-order valence-corrected chi connectivity index (χ4v) is 1.93. The Hall–Kier alpha value is -2.43. The Balaban J connectivity index is 1.89. The van der Waals surface area contributed by atoms with Crippen LogP contribution in [-0.2, 0) is 0 Å². The number of ether oxygens (including phenoxy) is 2. The molecule has 0 amide bonds. The van der Waals surface area contributed by atoms with E-state index < -0.39 is 0 Å². The van der Waals surface area contributed by atoms with Gasteiger partial charge in [0.2, 0.25) is 0 Å². The molecule has 3 N–H and O–H groups in total. The SMILES string of the molecule is Cc1ccnc(Nc2ccc3c(c2)OCCO3)c1N. The van der Waals surface area contributed by atoms with E-state index >= 15 is 0 Å². The highest BCUT2D eigenvalue weighted by Crippen LogP contribution is 2.34. The average Bonchev–Trinajstić information content (AvgIpc) is 2.44. The van der Waals surface area contributed by atoms with Gasteiger partial charge in [-0.3, -0.25) is 0 Å². The first-order valence-electron chi connectivity index (χ1n) is 6.12. The van der Waals surface area contributed by atoms with Crippen LogP contribution >= 0.6 is 0 Å². The monoisotopic (exact) mass is 257 g/mol. The molecule has 5 nitrogen and oxygen atoms in total. The van der Waals surface area contributed by atoms with Crippen LogP contribution in [0.3, 0.4) is 0 Å². The van der Waals surface area contributed by atoms with Crippen LogP contribution in [0.5, 0.6) is 11.5 Å². The van der Waals surface area contributed by atoms with Crippen molar-refractivity contribution in [3.63, 3.8) is 0 Å². The normalized spacial score (nSPS) is 13.1. The number of fused-ring (bicyclic) bond motifs is 1. The summed E-state index contributed by atoms with van der Waals surface area (Å²) in [7, 11) is 0. The summed E-state index contributed by atoms with van der Waals surface area (Å²) in [6, 6.07) is 7.56. The van der Waals surface area contributed by atoms with Crippen molar-refractivity contribution in [3.8, 4) is 11.5 Å². The number of nitrogens with zero attached hydrogens (tertiary/aromatic N) is 1. The molecule has 0 fully saturated rings. The Labute approximate surface area is 111 Å². The number of nitrogens with two attached hydrogens (primary N) is 1. The molecule has 5 heteroatoms. The molecule has 3 rings (SSSR count). The molecule has 98 valence electrons. The van der Waals surface area contributed by atoms with Crippen molar-refractivity contribution in [1.82, 2.24) is 4.98 Å². The highest BCUT2D eigenvalue weighted by Gasteiger charge is 2.12. The van der Waals surface area contributed by atoms with E-state index in [0.29, 0.717) is 24.7 Å². The molecule has 0 unspecified atom stereocenters. The predicted octanol–water partition coefficient (Wildman–Crippen LogP) is 2.49. The Kier molecular flexibility index (Phi) is 2.87. The van der Waals surface area contributed by atoms with Crippen molar-refractivity contribution in [1.29, 1.82) is 0 Å². The second-order valence-electron chi connectivity index (χ2n) is 4.37. The first kappa shape index (κ1) is 11.6. The number of nitrogens with one attached hydrogen (secondary N) is 1. The fraction of sp³-hybridized carbons (Fsp3) is 0.214. The van der Waals surface area contributed by atoms with Crippen LogP contribution in [0.1, 0.15) is 5.56 Å². The number of benzene rings is 1. The van der Waals surface area contributed by atoms with Crippen LogP contribution in [0.2, 0.25) is 0 Å². The minimum absolute atomic E-state index is 0.571. The molecule has 0 saturated carbocycles. The van der Waals surface area contributed by atoms with Crippen LogP contribution in [0, 0.1) is 6.92 Å². The van der Waals surface area contributed by atoms with Gasteiger partial charge in [-0.25, -0.2) is 4.98 Å². The molecule has 19 heavy (non-hydrogen) atoms. The number of aromatic nitrogens is 1. The molecule has 1 aromatic carbocycles. The summed E-state index contributed by atoms with van der Waals surface area (Å²) in [5.41, 5.74) is 8.50. The van der Waals surface area contributed by atoms with Crippen LogP contribution in [-0.4, -0.2) is 18.2 Å². The van der Waals surface area contributed by atoms with E-state index in [1.54, 1.807) is 6.20 Å². The smallest absolute Gasteiger partial charge is 0.163 e. The minimum Gasteiger partial charge on any atom is -0.486 e. The number of nitrogen functional groups attached to an aromatic ring is 1. The summed E-state index contributed by atoms with van der Waals surface area (Å²) in [4.78, 5) is 4.24. The van der Waals surface area contributed by atoms with Gasteiger partial charge in [-0.15, -0.1) is 0 Å². The van der Waals surface area contributed by atoms with Gasteiger partial charge in [0.1, 0.15) is 13.2 Å². The van der Waals surface area contributed by atoms with E-state index in [-0.39, 0.29) is 0 Å². The Morgan fingerprint density at radius 2 is 1.95 bits per heavy atom. The van der Waals surface area contributed by atoms with E-state index in [0.717, 1.165) is 22.7 Å². The van der Waals surface area contributed by atoms with Crippen molar-refractivity contribution in [3.05, 3.63) is 36.0 Å². The van der Waals surface area contributed by atoms with E-state index in [2.05, 4.69) is 10.3 Å². The number of aryl methyl sites for hydroxylation is 1. The van der Waals surface area contributed by atoms with Crippen molar-refractivity contribution < 1.29 is 9.47 Å². The Bertz CT molecular complexity index is 614. The Morgan fingerprint density at radius 1 is 1.16 bits per heavy atom. The van der Waals surface area contributed by atoms with Crippen molar-refractivity contribution in [2.75, 3.05) is 24.3 Å². The standard InChI is InChI=1S/C14H15N3O2/c1-9-4-5-16-14(13(9)15)17-10-2-3-11-12(8-10)19-7-6-18-11/h2-5,8H,6-7,15H2,1H3,(H,16,17). The zero-order chi connectivity index (χ0) is 13.2. The average molecular weight is 257 g/mol. The van der Waals surface area contributed by atoms with E-state index in [4.69, 9.17) is 15.2 Å². The molecule has 0 spiro atoms. The van der Waals surface area contributed by atoms with Gasteiger partial charge in [0.05, 0.1) is 5.69 Å². The summed E-state index contributed by atoms with van der Waals surface area (Å²) in [5, 5.41) is 3.19. The van der Waals surface area contributed by atoms with E-state index in [1.807, 2.05) is 31.2 Å². The summed E-state index contributed by atoms with van der Waals surface area (Å²) < 4.78 is 11.0. The zero-order valence-corrected chi connectivity index (χ0v) is 10.6. The molecule has 0 bridgehead atoms. The molecule has 1 aliphatic rings. The maximum atomic E-state index is 5.99. The molecular weight excluding hydrogens is 242 g/mol. The molecule has 0 aliphatic carbocycles. The van der Waals surface area contributed by atoms with Gasteiger partial charge >= 0.3 is 0 Å². The molecule has 2 aromatic rings. The predicted molar refractivity (Wildman–Crippen MR) is 74.1 cm³/mol. The summed E-state index contributed by atoms with van der Waals surface area (Å²) in [6.07, 6.45) is 1.73. The van der Waals surface area contributed by atoms with Crippen LogP contribution in [0.15, 0.2) is 30.5 Å². The van der Waals surface area contributed by atoms with Gasteiger partial charge in [-0.2, -0.15) is 0 Å². The largest absolute Gasteiger partial charge is 0.486 e. The molecule has 1 aromatic heterocycles. The number of rotatable bonds is 2. The maximum absolute atomic E-state index is 5.99. The lowest BCUT2D eigenvalue weighted by Gasteiger charge is -2.19. The third-order valence-corrected chi connectivity index (χ3v) is 3.01. The van der Waals surface area contributed by atoms with Crippen LogP contribution < -0.4 is 20.5 Å². The third kappa shape index (κ3) is 2.27. The lowest BCUT2D eigenvalue weighted by molar-refractivity contribution is 0.171. The maximum Gasteiger partial charge on any atom is 0.163 e. The summed E-state index contributed by atoms with van der Waals surface area (Å²) in [5.74, 6) is 2.15. The fourth-order valence-electron chi connectivity index (χ4n) is 1.93. The van der Waals surface area contributed by atoms with Crippen LogP contribution in [0.25, 0.3) is 0 Å². The number of anilines is 3. The quantitative estimate of drug-likeness (QED) is 0.865. The molecule has 0 saturated heterocycles. The van der Waals surface area contributed by atoms with Crippen molar-refractivity contribution in [2.24, 2.45) is 0 Å². The molecular formula is C14H15N3O2. The topological polar surface area (TPSA) is 69.4 Å². The number of hydrogen-bond acceptors (Lipinski definition) is 5. The zero-order valence-electron chi connectivity index (χ0n) is 10.6. The van der Waals surface area contributed by atoms with E-state index in [9.17, 15) is 0 Å². The minimum atomic E-state index is 0.571. The third-order valence-electron chi connectivity index (χ3n) is 3.01. The lowest BCUT2D eigenvalue weighted by atomic mass is 10.2. The van der Waals surface area contributed by atoms with E-state index in [1.165, 1.54) is 0 Å². The number of pyridine rings is 1. The van der Waals surface area contributed by atoms with Crippen LogP contribution in [0.4, 0.5) is 17.2 Å². The molecule has 0 radical (unpaired) electrons. The van der Waals surface area contributed by atoms with Gasteiger partial charge in [-0.05, 0) is 30.7 Å². The summed E-state index contributed by atoms with van der Waals surface area (Å²) >= 11 is 0. The first-order chi connectivity index (χ1) is 9.24. The van der Waals surface area contributed by atoms with Gasteiger partial charge in [0, 0.05) is 18.0 Å². The lowest BCUT2D eigenvalue weighted by Crippen LogP contribution is -2.15. The van der Waals surface area contributed by atoms with Crippen molar-refractivity contribution in [2.45, 2.75) is 6.92 Å². The van der Waals surface area contributed by atoms with Gasteiger partial charge in [0.15, 0.2) is 17.3 Å². The highest BCUT2D eigenvalue weighted by atomic mass is 16.6.